The van der Waals surface area contributed by atoms with E-state index < -0.39 is 10.0 Å². The quantitative estimate of drug-likeness (QED) is 0.821. The predicted octanol–water partition coefficient (Wildman–Crippen LogP) is 0.179. The number of aliphatic hydroxyl groups excluding tert-OH is 1. The van der Waals surface area contributed by atoms with Crippen LogP contribution in [0.4, 0.5) is 5.13 Å². The van der Waals surface area contributed by atoms with E-state index in [1.165, 1.54) is 4.31 Å². The van der Waals surface area contributed by atoms with Crippen molar-refractivity contribution in [3.63, 3.8) is 0 Å². The minimum Gasteiger partial charge on any atom is -0.395 e. The van der Waals surface area contributed by atoms with Gasteiger partial charge in [0, 0.05) is 12.6 Å². The molecular weight excluding hydrogens is 262 g/mol. The van der Waals surface area contributed by atoms with E-state index in [0.29, 0.717) is 18.7 Å². The molecule has 2 rings (SSSR count). The Morgan fingerprint density at radius 3 is 2.88 bits per heavy atom. The number of sulfonamides is 1. The van der Waals surface area contributed by atoms with Gasteiger partial charge in [0.25, 0.3) is 10.0 Å². The second-order valence-corrected chi connectivity index (χ2v) is 7.14. The van der Waals surface area contributed by atoms with E-state index in [2.05, 4.69) is 4.98 Å². The van der Waals surface area contributed by atoms with Crippen LogP contribution >= 0.6 is 11.3 Å². The standard InChI is InChI=1S/C9H15N3O3S2/c1-6-8(16-9(10)11-6)17(14,15)12-4-2-3-7(12)5-13/h7,13H,2-5H2,1H3,(H2,10,11). The molecule has 0 bridgehead atoms. The second-order valence-electron chi connectivity index (χ2n) is 4.02. The van der Waals surface area contributed by atoms with Crippen molar-refractivity contribution < 1.29 is 13.5 Å². The van der Waals surface area contributed by atoms with Crippen LogP contribution in [0.1, 0.15) is 18.5 Å². The van der Waals surface area contributed by atoms with E-state index in [9.17, 15) is 13.5 Å². The summed E-state index contributed by atoms with van der Waals surface area (Å²) < 4.78 is 26.3. The van der Waals surface area contributed by atoms with Crippen LogP contribution in [0.2, 0.25) is 0 Å². The summed E-state index contributed by atoms with van der Waals surface area (Å²) in [6, 6.07) is -0.317. The third-order valence-corrected chi connectivity index (χ3v) is 6.37. The van der Waals surface area contributed by atoms with Crippen molar-refractivity contribution in [3.8, 4) is 0 Å². The molecule has 6 nitrogen and oxygen atoms in total. The smallest absolute Gasteiger partial charge is 0.254 e. The molecule has 0 saturated carbocycles. The van der Waals surface area contributed by atoms with Crippen LogP contribution in [-0.4, -0.2) is 42.0 Å². The summed E-state index contributed by atoms with van der Waals surface area (Å²) >= 11 is 0.976. The number of nitrogen functional groups attached to an aromatic ring is 1. The van der Waals surface area contributed by atoms with E-state index >= 15 is 0 Å². The SMILES string of the molecule is Cc1nc(N)sc1S(=O)(=O)N1CCCC1CO. The molecule has 0 spiro atoms. The molecule has 1 fully saturated rings. The summed E-state index contributed by atoms with van der Waals surface area (Å²) in [5.74, 6) is 0. The van der Waals surface area contributed by atoms with Crippen molar-refractivity contribution in [2.24, 2.45) is 0 Å². The second kappa shape index (κ2) is 4.52. The number of aliphatic hydroxyl groups is 1. The lowest BCUT2D eigenvalue weighted by Crippen LogP contribution is -2.37. The number of hydrogen-bond donors (Lipinski definition) is 2. The molecule has 2 heterocycles. The van der Waals surface area contributed by atoms with E-state index in [4.69, 9.17) is 5.73 Å². The first-order chi connectivity index (χ1) is 7.96. The van der Waals surface area contributed by atoms with Gasteiger partial charge in [-0.05, 0) is 19.8 Å². The Balaban J connectivity index is 2.39. The molecule has 8 heteroatoms. The van der Waals surface area contributed by atoms with Crippen LogP contribution in [-0.2, 0) is 10.0 Å². The molecule has 1 saturated heterocycles. The van der Waals surface area contributed by atoms with Gasteiger partial charge in [-0.25, -0.2) is 13.4 Å². The average Bonchev–Trinajstić information content (AvgIpc) is 2.84. The van der Waals surface area contributed by atoms with E-state index in [-0.39, 0.29) is 22.0 Å². The molecule has 1 aliphatic heterocycles. The number of rotatable bonds is 3. The zero-order chi connectivity index (χ0) is 12.6. The molecule has 0 aliphatic carbocycles. The maximum absolute atomic E-state index is 12.4. The minimum atomic E-state index is -3.56. The molecule has 17 heavy (non-hydrogen) atoms. The van der Waals surface area contributed by atoms with Crippen molar-refractivity contribution in [3.05, 3.63) is 5.69 Å². The number of hydrogen-bond acceptors (Lipinski definition) is 6. The third kappa shape index (κ3) is 2.17. The lowest BCUT2D eigenvalue weighted by molar-refractivity contribution is 0.213. The van der Waals surface area contributed by atoms with Gasteiger partial charge < -0.3 is 10.8 Å². The van der Waals surface area contributed by atoms with Gasteiger partial charge in [0.05, 0.1) is 12.3 Å². The van der Waals surface area contributed by atoms with Crippen molar-refractivity contribution in [1.82, 2.24) is 9.29 Å². The van der Waals surface area contributed by atoms with Gasteiger partial charge in [0.1, 0.15) is 0 Å². The fraction of sp³-hybridized carbons (Fsp3) is 0.667. The summed E-state index contributed by atoms with van der Waals surface area (Å²) in [5, 5.41) is 9.43. The zero-order valence-corrected chi connectivity index (χ0v) is 11.1. The van der Waals surface area contributed by atoms with E-state index in [0.717, 1.165) is 17.8 Å². The van der Waals surface area contributed by atoms with Crippen LogP contribution in [0.15, 0.2) is 4.21 Å². The molecule has 3 N–H and O–H groups in total. The Hall–Kier alpha value is -0.700. The number of aryl methyl sites for hydroxylation is 1. The van der Waals surface area contributed by atoms with Crippen molar-refractivity contribution in [2.75, 3.05) is 18.9 Å². The van der Waals surface area contributed by atoms with Crippen LogP contribution in [0, 0.1) is 6.92 Å². The highest BCUT2D eigenvalue weighted by Crippen LogP contribution is 2.32. The molecule has 0 aromatic carbocycles. The molecule has 0 amide bonds. The first kappa shape index (κ1) is 12.7. The van der Waals surface area contributed by atoms with Crippen LogP contribution in [0.3, 0.4) is 0 Å². The van der Waals surface area contributed by atoms with Crippen LogP contribution in [0.25, 0.3) is 0 Å². The monoisotopic (exact) mass is 277 g/mol. The lowest BCUT2D eigenvalue weighted by Gasteiger charge is -2.21. The van der Waals surface area contributed by atoms with Gasteiger partial charge in [-0.1, -0.05) is 11.3 Å². The number of thiazole rings is 1. The van der Waals surface area contributed by atoms with Gasteiger partial charge in [0.15, 0.2) is 9.34 Å². The highest BCUT2D eigenvalue weighted by atomic mass is 32.2. The number of aromatic nitrogens is 1. The fourth-order valence-electron chi connectivity index (χ4n) is 2.06. The first-order valence-corrected chi connectivity index (χ1v) is 7.58. The lowest BCUT2D eigenvalue weighted by atomic mass is 10.2. The Bertz CT molecular complexity index is 512. The Kier molecular flexibility index (Phi) is 3.39. The van der Waals surface area contributed by atoms with Gasteiger partial charge in [-0.15, -0.1) is 0 Å². The van der Waals surface area contributed by atoms with E-state index in [1.54, 1.807) is 6.92 Å². The summed E-state index contributed by atoms with van der Waals surface area (Å²) in [5.41, 5.74) is 5.94. The van der Waals surface area contributed by atoms with Gasteiger partial charge in [0.2, 0.25) is 0 Å². The van der Waals surface area contributed by atoms with E-state index in [1.807, 2.05) is 0 Å². The van der Waals surface area contributed by atoms with Crippen molar-refractivity contribution in [2.45, 2.75) is 30.0 Å². The maximum Gasteiger partial charge on any atom is 0.254 e. The molecule has 1 aromatic rings. The van der Waals surface area contributed by atoms with Crippen molar-refractivity contribution in [1.29, 1.82) is 0 Å². The van der Waals surface area contributed by atoms with Crippen LogP contribution < -0.4 is 5.73 Å². The molecular formula is C9H15N3O3S2. The van der Waals surface area contributed by atoms with Crippen molar-refractivity contribution >= 4 is 26.5 Å². The highest BCUT2D eigenvalue weighted by Gasteiger charge is 2.37. The maximum atomic E-state index is 12.4. The summed E-state index contributed by atoms with van der Waals surface area (Å²) in [6.07, 6.45) is 1.47. The zero-order valence-electron chi connectivity index (χ0n) is 9.46. The van der Waals surface area contributed by atoms with Crippen LogP contribution in [0.5, 0.6) is 0 Å². The first-order valence-electron chi connectivity index (χ1n) is 5.32. The molecule has 1 unspecified atom stereocenters. The average molecular weight is 277 g/mol. The number of anilines is 1. The summed E-state index contributed by atoms with van der Waals surface area (Å²) in [7, 11) is -3.56. The Morgan fingerprint density at radius 2 is 2.35 bits per heavy atom. The molecule has 1 aliphatic rings. The van der Waals surface area contributed by atoms with Gasteiger partial charge >= 0.3 is 0 Å². The molecule has 1 atom stereocenters. The highest BCUT2D eigenvalue weighted by molar-refractivity contribution is 7.91. The third-order valence-electron chi connectivity index (χ3n) is 2.85. The molecule has 0 radical (unpaired) electrons. The number of nitrogens with two attached hydrogens (primary N) is 1. The summed E-state index contributed by atoms with van der Waals surface area (Å²) in [6.45, 7) is 1.93. The predicted molar refractivity (Wildman–Crippen MR) is 65.3 cm³/mol. The number of nitrogens with zero attached hydrogens (tertiary/aromatic N) is 2. The topological polar surface area (TPSA) is 96.5 Å². The Morgan fingerprint density at radius 1 is 1.65 bits per heavy atom. The molecule has 96 valence electrons. The van der Waals surface area contributed by atoms with Gasteiger partial charge in [-0.3, -0.25) is 0 Å². The normalized spacial score (nSPS) is 22.1. The Labute approximate surface area is 104 Å². The molecule has 1 aromatic heterocycles. The fourth-order valence-corrected chi connectivity index (χ4v) is 5.15. The largest absolute Gasteiger partial charge is 0.395 e. The summed E-state index contributed by atoms with van der Waals surface area (Å²) in [4.78, 5) is 3.93. The van der Waals surface area contributed by atoms with Gasteiger partial charge in [-0.2, -0.15) is 4.31 Å². The minimum absolute atomic E-state index is 0.146.